The van der Waals surface area contributed by atoms with Crippen molar-refractivity contribution < 1.29 is 36.2 Å². The van der Waals surface area contributed by atoms with Gasteiger partial charge in [0.1, 0.15) is 16.4 Å². The smallest absolute Gasteiger partial charge is 0.416 e. The SMILES string of the molecule is CCc1cc(Cl)cc(C(=O)Nc2cc(C(F)(F)F)ccc2S(=O)(=O)Nc2ccc(OC)cc2)c1O. The van der Waals surface area contributed by atoms with Crippen LogP contribution < -0.4 is 14.8 Å². The first-order valence-electron chi connectivity index (χ1n) is 10.1. The summed E-state index contributed by atoms with van der Waals surface area (Å²) >= 11 is 5.99. The molecule has 186 valence electrons. The number of phenolic OH excluding ortho intramolecular Hbond substituents is 1. The maximum Gasteiger partial charge on any atom is 0.416 e. The predicted molar refractivity (Wildman–Crippen MR) is 126 cm³/mol. The van der Waals surface area contributed by atoms with Gasteiger partial charge in [0.2, 0.25) is 0 Å². The van der Waals surface area contributed by atoms with Crippen molar-refractivity contribution in [3.05, 3.63) is 76.3 Å². The summed E-state index contributed by atoms with van der Waals surface area (Å²) in [4.78, 5) is 12.3. The van der Waals surface area contributed by atoms with E-state index in [0.717, 1.165) is 12.1 Å². The van der Waals surface area contributed by atoms with E-state index >= 15 is 0 Å². The van der Waals surface area contributed by atoms with Crippen LogP contribution in [0.2, 0.25) is 5.02 Å². The van der Waals surface area contributed by atoms with E-state index in [9.17, 15) is 31.5 Å². The summed E-state index contributed by atoms with van der Waals surface area (Å²) in [6.45, 7) is 1.70. The topological polar surface area (TPSA) is 105 Å². The summed E-state index contributed by atoms with van der Waals surface area (Å²) in [7, 11) is -3.02. The third kappa shape index (κ3) is 5.98. The lowest BCUT2D eigenvalue weighted by molar-refractivity contribution is -0.137. The molecule has 3 rings (SSSR count). The number of methoxy groups -OCH3 is 1. The zero-order valence-electron chi connectivity index (χ0n) is 18.4. The first-order valence-corrected chi connectivity index (χ1v) is 11.9. The fourth-order valence-corrected chi connectivity index (χ4v) is 4.64. The van der Waals surface area contributed by atoms with Crippen LogP contribution in [-0.2, 0) is 22.6 Å². The predicted octanol–water partition coefficient (Wildman–Crippen LogP) is 5.69. The van der Waals surface area contributed by atoms with Crippen LogP contribution in [0.5, 0.6) is 11.5 Å². The average Bonchev–Trinajstić information content (AvgIpc) is 2.79. The molecule has 0 aromatic heterocycles. The molecular formula is C23H20ClF3N2O5S. The molecular weight excluding hydrogens is 509 g/mol. The molecule has 0 bridgehead atoms. The van der Waals surface area contributed by atoms with Gasteiger partial charge < -0.3 is 15.2 Å². The van der Waals surface area contributed by atoms with Gasteiger partial charge in [-0.15, -0.1) is 0 Å². The number of carbonyl (C=O) groups excluding carboxylic acids is 1. The molecule has 0 radical (unpaired) electrons. The van der Waals surface area contributed by atoms with E-state index in [4.69, 9.17) is 16.3 Å². The molecule has 0 spiro atoms. The van der Waals surface area contributed by atoms with Crippen LogP contribution in [0.15, 0.2) is 59.5 Å². The number of aryl methyl sites for hydroxylation is 1. The maximum atomic E-state index is 13.3. The van der Waals surface area contributed by atoms with E-state index in [-0.39, 0.29) is 16.3 Å². The number of rotatable bonds is 7. The second-order valence-electron chi connectivity index (χ2n) is 7.31. The second-order valence-corrected chi connectivity index (χ2v) is 9.40. The highest BCUT2D eigenvalue weighted by molar-refractivity contribution is 7.92. The van der Waals surface area contributed by atoms with Gasteiger partial charge in [-0.3, -0.25) is 9.52 Å². The summed E-state index contributed by atoms with van der Waals surface area (Å²) in [5, 5.41) is 12.7. The van der Waals surface area contributed by atoms with Gasteiger partial charge in [0, 0.05) is 10.7 Å². The Morgan fingerprint density at radius 3 is 2.31 bits per heavy atom. The van der Waals surface area contributed by atoms with Crippen LogP contribution in [-0.4, -0.2) is 26.5 Å². The molecule has 35 heavy (non-hydrogen) atoms. The fraction of sp³-hybridized carbons (Fsp3) is 0.174. The molecule has 0 unspecified atom stereocenters. The van der Waals surface area contributed by atoms with Crippen LogP contribution in [0.4, 0.5) is 24.5 Å². The molecule has 0 aliphatic carbocycles. The van der Waals surface area contributed by atoms with Crippen molar-refractivity contribution in [1.82, 2.24) is 0 Å². The first-order chi connectivity index (χ1) is 16.4. The van der Waals surface area contributed by atoms with Crippen molar-refractivity contribution in [3.8, 4) is 11.5 Å². The monoisotopic (exact) mass is 528 g/mol. The highest BCUT2D eigenvalue weighted by Crippen LogP contribution is 2.35. The highest BCUT2D eigenvalue weighted by atomic mass is 35.5. The Morgan fingerprint density at radius 2 is 1.74 bits per heavy atom. The molecule has 0 saturated carbocycles. The van der Waals surface area contributed by atoms with E-state index < -0.39 is 44.0 Å². The number of amides is 1. The van der Waals surface area contributed by atoms with Crippen molar-refractivity contribution in [3.63, 3.8) is 0 Å². The number of aromatic hydroxyl groups is 1. The highest BCUT2D eigenvalue weighted by Gasteiger charge is 2.33. The Kier molecular flexibility index (Phi) is 7.51. The third-order valence-corrected chi connectivity index (χ3v) is 6.62. The Labute approximate surface area is 204 Å². The van der Waals surface area contributed by atoms with Crippen molar-refractivity contribution in [2.75, 3.05) is 17.1 Å². The summed E-state index contributed by atoms with van der Waals surface area (Å²) in [6, 6.07) is 10.2. The standard InChI is InChI=1S/C23H20ClF3N2O5S/c1-3-13-10-15(24)12-18(21(13)30)22(31)28-19-11-14(23(25,26)27)4-9-20(19)35(32,33)29-16-5-7-17(34-2)8-6-16/h4-12,29-30H,3H2,1-2H3,(H,28,31). The van der Waals surface area contributed by atoms with Crippen molar-refractivity contribution in [2.45, 2.75) is 24.4 Å². The maximum absolute atomic E-state index is 13.3. The molecule has 3 aromatic carbocycles. The molecule has 0 atom stereocenters. The Balaban J connectivity index is 2.05. The Bertz CT molecular complexity index is 1360. The van der Waals surface area contributed by atoms with Gasteiger partial charge >= 0.3 is 6.18 Å². The third-order valence-electron chi connectivity index (χ3n) is 4.97. The quantitative estimate of drug-likeness (QED) is 0.365. The zero-order valence-corrected chi connectivity index (χ0v) is 20.0. The van der Waals surface area contributed by atoms with Gasteiger partial charge in [-0.25, -0.2) is 8.42 Å². The van der Waals surface area contributed by atoms with Gasteiger partial charge in [0.05, 0.1) is 23.9 Å². The van der Waals surface area contributed by atoms with Crippen molar-refractivity contribution >= 4 is 38.9 Å². The number of anilines is 2. The van der Waals surface area contributed by atoms with Crippen LogP contribution in [0, 0.1) is 0 Å². The van der Waals surface area contributed by atoms with E-state index in [0.29, 0.717) is 29.9 Å². The average molecular weight is 529 g/mol. The molecule has 0 fully saturated rings. The number of benzene rings is 3. The number of ether oxygens (including phenoxy) is 1. The molecule has 3 N–H and O–H groups in total. The molecule has 12 heteroatoms. The minimum atomic E-state index is -4.81. The van der Waals surface area contributed by atoms with Crippen molar-refractivity contribution in [2.24, 2.45) is 0 Å². The van der Waals surface area contributed by atoms with E-state index in [1.165, 1.54) is 37.4 Å². The molecule has 3 aromatic rings. The minimum absolute atomic E-state index is 0.114. The lowest BCUT2D eigenvalue weighted by Gasteiger charge is -2.17. The van der Waals surface area contributed by atoms with Crippen LogP contribution in [0.1, 0.15) is 28.4 Å². The number of carbonyl (C=O) groups is 1. The number of hydrogen-bond donors (Lipinski definition) is 3. The van der Waals surface area contributed by atoms with Crippen molar-refractivity contribution in [1.29, 1.82) is 0 Å². The molecule has 0 aliphatic rings. The van der Waals surface area contributed by atoms with Gasteiger partial charge in [-0.1, -0.05) is 18.5 Å². The normalized spacial score (nSPS) is 11.7. The van der Waals surface area contributed by atoms with E-state index in [2.05, 4.69) is 10.0 Å². The number of sulfonamides is 1. The van der Waals surface area contributed by atoms with Gasteiger partial charge in [-0.2, -0.15) is 13.2 Å². The first kappa shape index (κ1) is 26.2. The van der Waals surface area contributed by atoms with E-state index in [1.807, 2.05) is 0 Å². The Hall–Kier alpha value is -3.44. The lowest BCUT2D eigenvalue weighted by Crippen LogP contribution is -2.20. The number of hydrogen-bond acceptors (Lipinski definition) is 5. The summed E-state index contributed by atoms with van der Waals surface area (Å²) in [6.07, 6.45) is -4.49. The molecule has 0 heterocycles. The van der Waals surface area contributed by atoms with Crippen LogP contribution in [0.25, 0.3) is 0 Å². The second kappa shape index (κ2) is 10.0. The molecule has 7 nitrogen and oxygen atoms in total. The summed E-state index contributed by atoms with van der Waals surface area (Å²) in [5.41, 5.74) is -1.69. The molecule has 0 saturated heterocycles. The lowest BCUT2D eigenvalue weighted by atomic mass is 10.1. The number of nitrogens with one attached hydrogen (secondary N) is 2. The van der Waals surface area contributed by atoms with Crippen LogP contribution >= 0.6 is 11.6 Å². The fourth-order valence-electron chi connectivity index (χ4n) is 3.20. The number of halogens is 4. The largest absolute Gasteiger partial charge is 0.507 e. The Morgan fingerprint density at radius 1 is 1.09 bits per heavy atom. The van der Waals surface area contributed by atoms with E-state index in [1.54, 1.807) is 6.92 Å². The zero-order chi connectivity index (χ0) is 26.0. The summed E-state index contributed by atoms with van der Waals surface area (Å²) < 4.78 is 73.4. The molecule has 0 aliphatic heterocycles. The van der Waals surface area contributed by atoms with Gasteiger partial charge in [-0.05, 0) is 66.6 Å². The number of phenols is 1. The molecule has 1 amide bonds. The number of alkyl halides is 3. The van der Waals surface area contributed by atoms with Gasteiger partial charge in [0.15, 0.2) is 0 Å². The van der Waals surface area contributed by atoms with Gasteiger partial charge in [0.25, 0.3) is 15.9 Å². The minimum Gasteiger partial charge on any atom is -0.507 e. The summed E-state index contributed by atoms with van der Waals surface area (Å²) in [5.74, 6) is -0.995. The van der Waals surface area contributed by atoms with Crippen LogP contribution in [0.3, 0.4) is 0 Å².